The number of ether oxygens (including phenoxy) is 1. The van der Waals surface area contributed by atoms with Gasteiger partial charge in [0, 0.05) is 138 Å². The van der Waals surface area contributed by atoms with Gasteiger partial charge in [-0.05, 0) is 0 Å². The summed E-state index contributed by atoms with van der Waals surface area (Å²) in [6, 6.07) is 1.86. The van der Waals surface area contributed by atoms with Crippen molar-refractivity contribution in [3.05, 3.63) is 0 Å². The molecule has 8 heteroatoms. The normalized spacial score (nSPS) is 37.1. The maximum atomic E-state index is 9.46. The Labute approximate surface area is 202 Å². The van der Waals surface area contributed by atoms with Crippen LogP contribution in [0.5, 0.6) is 0 Å². The van der Waals surface area contributed by atoms with E-state index in [2.05, 4.69) is 0 Å². The number of rotatable bonds is 1. The predicted octanol–water partition coefficient (Wildman–Crippen LogP) is -1.37. The molecule has 5 atom stereocenters. The molecule has 0 bridgehead atoms. The van der Waals surface area contributed by atoms with Gasteiger partial charge in [0.25, 0.3) is 0 Å². The molecule has 1 aliphatic rings. The first-order valence-electron chi connectivity index (χ1n) is 4.14. The van der Waals surface area contributed by atoms with E-state index in [-0.39, 0.29) is 132 Å². The van der Waals surface area contributed by atoms with E-state index in [9.17, 15) is 10.2 Å². The zero-order chi connectivity index (χ0) is 10.0. The Kier molecular flexibility index (Phi) is 19.1. The van der Waals surface area contributed by atoms with Crippen LogP contribution in [0.2, 0.25) is 0 Å². The third kappa shape index (κ3) is 6.40. The van der Waals surface area contributed by atoms with Gasteiger partial charge in [0.1, 0.15) is 18.3 Å². The van der Waals surface area contributed by atoms with Crippen molar-refractivity contribution in [1.29, 1.82) is 5.26 Å². The standard InChI is InChI=1S/C8H13NO4.3Ac/c1-4-5(2-9)13-6(3-10)8(12)7(4)11;;;/h4-8,10-12H,3H2,1H3;;;/t4-,5?,6+,7?,8?;;;/m0.../s1. The first kappa shape index (κ1) is 24.7. The minimum Gasteiger partial charge on any atom is -0.394 e. The van der Waals surface area contributed by atoms with E-state index in [4.69, 9.17) is 15.1 Å². The fraction of sp³-hybridized carbons (Fsp3) is 0.875. The molecule has 1 aliphatic heterocycles. The quantitative estimate of drug-likeness (QED) is 0.303. The summed E-state index contributed by atoms with van der Waals surface area (Å²) in [6.07, 6.45) is -3.77. The molecule has 3 radical (unpaired) electrons. The second-order valence-electron chi connectivity index (χ2n) is 3.25. The van der Waals surface area contributed by atoms with Crippen LogP contribution in [0.3, 0.4) is 0 Å². The number of nitriles is 1. The van der Waals surface area contributed by atoms with Crippen molar-refractivity contribution in [3.8, 4) is 6.07 Å². The summed E-state index contributed by atoms with van der Waals surface area (Å²) < 4.78 is 5.06. The monoisotopic (exact) mass is 868 g/mol. The van der Waals surface area contributed by atoms with Crippen LogP contribution in [-0.2, 0) is 4.74 Å². The number of hydrogen-bond acceptors (Lipinski definition) is 5. The Hall–Kier alpha value is 3.65. The molecule has 0 amide bonds. The van der Waals surface area contributed by atoms with Crippen molar-refractivity contribution in [1.82, 2.24) is 0 Å². The largest absolute Gasteiger partial charge is 0.394 e. The summed E-state index contributed by atoms with van der Waals surface area (Å²) in [4.78, 5) is 0. The van der Waals surface area contributed by atoms with E-state index < -0.39 is 36.9 Å². The molecule has 1 rings (SSSR count). The summed E-state index contributed by atoms with van der Waals surface area (Å²) in [7, 11) is 0. The summed E-state index contributed by atoms with van der Waals surface area (Å²) >= 11 is 0. The molecule has 0 aromatic rings. The third-order valence-electron chi connectivity index (χ3n) is 2.38. The molecule has 3 N–H and O–H groups in total. The molecule has 1 fully saturated rings. The second kappa shape index (κ2) is 12.4. The van der Waals surface area contributed by atoms with E-state index in [0.717, 1.165) is 0 Å². The average Bonchev–Trinajstić information content (AvgIpc) is 2.15. The molecule has 5 nitrogen and oxygen atoms in total. The number of aliphatic hydroxyl groups excluding tert-OH is 3. The van der Waals surface area contributed by atoms with Gasteiger partial charge in [0.2, 0.25) is 0 Å². The molecule has 16 heavy (non-hydrogen) atoms. The van der Waals surface area contributed by atoms with Gasteiger partial charge in [-0.15, -0.1) is 0 Å². The molecule has 0 saturated carbocycles. The molecule has 1 saturated heterocycles. The topological polar surface area (TPSA) is 93.7 Å². The van der Waals surface area contributed by atoms with Crippen molar-refractivity contribution in [3.63, 3.8) is 0 Å². The SMILES string of the molecule is C[C@H]1C(C#N)O[C@H](CO)C(O)C1O.[Ac].[Ac].[Ac]. The number of hydrogen-bond donors (Lipinski definition) is 3. The predicted molar refractivity (Wildman–Crippen MR) is 42.5 cm³/mol. The minimum absolute atomic E-state index is 0. The molecule has 1 heterocycles. The number of nitrogens with zero attached hydrogens (tertiary/aromatic N) is 1. The summed E-state index contributed by atoms with van der Waals surface area (Å²) in [6.45, 7) is 1.22. The molecule has 83 valence electrons. The maximum Gasteiger partial charge on any atom is 0.149 e. The molecule has 0 spiro atoms. The summed E-state index contributed by atoms with van der Waals surface area (Å²) in [5.41, 5.74) is 0. The van der Waals surface area contributed by atoms with Crippen LogP contribution in [0.4, 0.5) is 0 Å². The van der Waals surface area contributed by atoms with Crippen LogP contribution in [0.25, 0.3) is 0 Å². The number of aliphatic hydroxyl groups is 3. The van der Waals surface area contributed by atoms with Gasteiger partial charge in [-0.25, -0.2) is 0 Å². The van der Waals surface area contributed by atoms with Crippen LogP contribution in [0.15, 0.2) is 0 Å². The van der Waals surface area contributed by atoms with Gasteiger partial charge < -0.3 is 20.1 Å². The van der Waals surface area contributed by atoms with E-state index in [0.29, 0.717) is 0 Å². The van der Waals surface area contributed by atoms with Gasteiger partial charge in [-0.1, -0.05) is 6.92 Å². The summed E-state index contributed by atoms with van der Waals surface area (Å²) in [5.74, 6) is -0.442. The molecule has 0 aromatic carbocycles. The Morgan fingerprint density at radius 3 is 2.06 bits per heavy atom. The zero-order valence-electron chi connectivity index (χ0n) is 9.02. The fourth-order valence-corrected chi connectivity index (χ4v) is 1.40. The smallest absolute Gasteiger partial charge is 0.149 e. The Morgan fingerprint density at radius 2 is 1.69 bits per heavy atom. The van der Waals surface area contributed by atoms with Crippen molar-refractivity contribution < 1.29 is 152 Å². The fourth-order valence-electron chi connectivity index (χ4n) is 1.40. The zero-order valence-corrected chi connectivity index (χ0v) is 23.3. The van der Waals surface area contributed by atoms with E-state index in [1.807, 2.05) is 6.07 Å². The van der Waals surface area contributed by atoms with Crippen molar-refractivity contribution in [2.24, 2.45) is 5.92 Å². The van der Waals surface area contributed by atoms with E-state index in [1.165, 1.54) is 0 Å². The van der Waals surface area contributed by atoms with Gasteiger partial charge in [-0.3, -0.25) is 0 Å². The van der Waals surface area contributed by atoms with Crippen molar-refractivity contribution >= 4 is 0 Å². The van der Waals surface area contributed by atoms with E-state index >= 15 is 0 Å². The summed E-state index contributed by atoms with van der Waals surface area (Å²) in [5, 5.41) is 36.2. The van der Waals surface area contributed by atoms with Crippen LogP contribution in [0.1, 0.15) is 6.92 Å². The average molecular weight is 868 g/mol. The first-order valence-corrected chi connectivity index (χ1v) is 4.14. The first-order chi connectivity index (χ1) is 6.11. The van der Waals surface area contributed by atoms with Crippen LogP contribution in [0, 0.1) is 149 Å². The molecular formula is C8H13Ac3NO4. The van der Waals surface area contributed by atoms with Gasteiger partial charge in [0.05, 0.1) is 18.8 Å². The Balaban J connectivity index is -0.000000563. The minimum atomic E-state index is -1.12. The molecule has 0 aliphatic carbocycles. The molecule has 0 aromatic heterocycles. The van der Waals surface area contributed by atoms with Crippen LogP contribution >= 0.6 is 0 Å². The second-order valence-corrected chi connectivity index (χ2v) is 3.25. The third-order valence-corrected chi connectivity index (χ3v) is 2.38. The molecule has 3 unspecified atom stereocenters. The van der Waals surface area contributed by atoms with Gasteiger partial charge in [0.15, 0.2) is 0 Å². The van der Waals surface area contributed by atoms with Crippen molar-refractivity contribution in [2.75, 3.05) is 6.61 Å². The Bertz CT molecular complexity index is 224. The van der Waals surface area contributed by atoms with Crippen molar-refractivity contribution in [2.45, 2.75) is 31.3 Å². The van der Waals surface area contributed by atoms with Crippen LogP contribution < -0.4 is 0 Å². The van der Waals surface area contributed by atoms with Gasteiger partial charge >= 0.3 is 0 Å². The molecular weight excluding hydrogens is 855 g/mol. The maximum absolute atomic E-state index is 9.46. The van der Waals surface area contributed by atoms with E-state index in [1.54, 1.807) is 6.92 Å². The van der Waals surface area contributed by atoms with Gasteiger partial charge in [-0.2, -0.15) is 5.26 Å². The van der Waals surface area contributed by atoms with Crippen LogP contribution in [-0.4, -0.2) is 46.3 Å². The Morgan fingerprint density at radius 1 is 1.19 bits per heavy atom.